The third kappa shape index (κ3) is 16.3. The molecule has 0 aliphatic rings. The molecule has 0 amide bonds. The topological polar surface area (TPSA) is 142 Å². The third-order valence-corrected chi connectivity index (χ3v) is 6.00. The molecule has 0 bridgehead atoms. The van der Waals surface area contributed by atoms with Crippen LogP contribution in [0.4, 0.5) is 17.1 Å². The minimum Gasteiger partial charge on any atom is -0.489 e. The maximum absolute atomic E-state index is 9.60. The van der Waals surface area contributed by atoms with E-state index in [-0.39, 0.29) is 13.2 Å². The van der Waals surface area contributed by atoms with Crippen LogP contribution in [0.15, 0.2) is 34.3 Å². The first-order valence-electron chi connectivity index (χ1n) is 15.6. The minimum absolute atomic E-state index is 0.247. The molecule has 0 aromatic heterocycles. The lowest BCUT2D eigenvalue weighted by Gasteiger charge is -2.15. The van der Waals surface area contributed by atoms with Crippen LogP contribution in [-0.4, -0.2) is 144 Å². The van der Waals surface area contributed by atoms with E-state index in [9.17, 15) is 5.26 Å². The lowest BCUT2D eigenvalue weighted by atomic mass is 10.1. The molecule has 0 saturated carbocycles. The van der Waals surface area contributed by atoms with E-state index < -0.39 is 0 Å². The van der Waals surface area contributed by atoms with E-state index in [1.165, 1.54) is 0 Å². The van der Waals surface area contributed by atoms with Gasteiger partial charge in [-0.2, -0.15) is 5.26 Å². The van der Waals surface area contributed by atoms with Gasteiger partial charge in [-0.15, -0.1) is 0 Å². The average Bonchev–Trinajstić information content (AvgIpc) is 3.09. The van der Waals surface area contributed by atoms with Crippen molar-refractivity contribution in [3.05, 3.63) is 41.2 Å². The molecule has 0 unspecified atom stereocenters. The van der Waals surface area contributed by atoms with Crippen molar-refractivity contribution in [2.24, 2.45) is 9.98 Å². The Morgan fingerprint density at radius 1 is 0.612 bits per heavy atom. The van der Waals surface area contributed by atoms with Gasteiger partial charge in [-0.3, -0.25) is 4.99 Å². The smallest absolute Gasteiger partial charge is 0.216 e. The molecule has 15 nitrogen and oxygen atoms in total. The van der Waals surface area contributed by atoms with Crippen molar-refractivity contribution in [1.29, 1.82) is 5.26 Å². The van der Waals surface area contributed by atoms with Crippen molar-refractivity contribution in [3.8, 4) is 29.1 Å². The molecule has 0 saturated heterocycles. The number of hydrogen-bond acceptors (Lipinski definition) is 12. The summed E-state index contributed by atoms with van der Waals surface area (Å²) in [7, 11) is 10.6. The van der Waals surface area contributed by atoms with Gasteiger partial charge < -0.3 is 52.4 Å². The molecule has 0 radical (unpaired) electrons. The Bertz CT molecular complexity index is 1290. The summed E-state index contributed by atoms with van der Waals surface area (Å²) in [6.07, 6.45) is 3.23. The fourth-order valence-corrected chi connectivity index (χ4v) is 3.72. The maximum atomic E-state index is 9.60. The molecule has 0 fully saturated rings. The van der Waals surface area contributed by atoms with Crippen LogP contribution < -0.4 is 18.9 Å². The highest BCUT2D eigenvalue weighted by Crippen LogP contribution is 2.40. The zero-order valence-electron chi connectivity index (χ0n) is 29.3. The van der Waals surface area contributed by atoms with E-state index in [0.717, 1.165) is 0 Å². The standard InChI is InChI=1S/C34H48N6O9/c1-36-29-22-33(34(47-17-9-42-7)23-30(29)38-26-40(4)5)49-19-15-45-13-11-43-10-12-44-14-18-48-31-20-27(24-35)28(37-25-39(2)3)21-32(31)46-16-8-41-6/h20-23,25-26H,8-19H2,2-7H3. The highest BCUT2D eigenvalue weighted by atomic mass is 16.6. The van der Waals surface area contributed by atoms with E-state index in [2.05, 4.69) is 20.9 Å². The number of nitriles is 1. The zero-order chi connectivity index (χ0) is 35.7. The average molecular weight is 685 g/mol. The van der Waals surface area contributed by atoms with E-state index in [1.54, 1.807) is 61.0 Å². The van der Waals surface area contributed by atoms with Gasteiger partial charge in [0, 0.05) is 54.5 Å². The molecule has 268 valence electrons. The van der Waals surface area contributed by atoms with Crippen LogP contribution in [0.25, 0.3) is 4.85 Å². The van der Waals surface area contributed by atoms with Gasteiger partial charge in [0.15, 0.2) is 23.0 Å². The number of aliphatic imine (C=N–C) groups is 2. The molecule has 2 aromatic rings. The highest BCUT2D eigenvalue weighted by molar-refractivity contribution is 5.76. The van der Waals surface area contributed by atoms with Gasteiger partial charge in [0.25, 0.3) is 0 Å². The van der Waals surface area contributed by atoms with Crippen LogP contribution in [0, 0.1) is 17.9 Å². The Balaban J connectivity index is 1.70. The minimum atomic E-state index is 0.247. The Morgan fingerprint density at radius 3 is 1.43 bits per heavy atom. The van der Waals surface area contributed by atoms with Gasteiger partial charge in [-0.25, -0.2) is 9.84 Å². The van der Waals surface area contributed by atoms with Crippen LogP contribution in [0.2, 0.25) is 0 Å². The molecule has 0 heterocycles. The predicted octanol–water partition coefficient (Wildman–Crippen LogP) is 4.11. The SMILES string of the molecule is [C-]#[N+]c1cc(OCCOCCOCCOCCOc2cc(C#N)c(N=CN(C)C)cc2OCCOC)c(OCCOC)cc1N=CN(C)C. The number of benzene rings is 2. The number of nitrogens with zero attached hydrogens (tertiary/aromatic N) is 6. The lowest BCUT2D eigenvalue weighted by Crippen LogP contribution is -2.14. The van der Waals surface area contributed by atoms with Gasteiger partial charge in [-0.1, -0.05) is 0 Å². The fourth-order valence-electron chi connectivity index (χ4n) is 3.72. The monoisotopic (exact) mass is 684 g/mol. The first-order chi connectivity index (χ1) is 23.8. The molecule has 49 heavy (non-hydrogen) atoms. The van der Waals surface area contributed by atoms with Crippen molar-refractivity contribution in [3.63, 3.8) is 0 Å². The molecule has 15 heteroatoms. The van der Waals surface area contributed by atoms with Crippen molar-refractivity contribution in [2.75, 3.05) is 122 Å². The summed E-state index contributed by atoms with van der Waals surface area (Å²) in [4.78, 5) is 15.8. The van der Waals surface area contributed by atoms with E-state index in [4.69, 9.17) is 49.2 Å². The molecule has 0 atom stereocenters. The van der Waals surface area contributed by atoms with E-state index in [1.807, 2.05) is 28.2 Å². The molecule has 2 aromatic carbocycles. The Labute approximate surface area is 289 Å². The maximum Gasteiger partial charge on any atom is 0.216 e. The molecular formula is C34H48N6O9. The number of rotatable bonds is 26. The number of methoxy groups -OCH3 is 2. The summed E-state index contributed by atoms with van der Waals surface area (Å²) in [6, 6.07) is 8.73. The van der Waals surface area contributed by atoms with Crippen LogP contribution >= 0.6 is 0 Å². The summed E-state index contributed by atoms with van der Waals surface area (Å²) < 4.78 is 50.3. The Kier molecular flexibility index (Phi) is 20.3. The second kappa shape index (κ2) is 24.5. The van der Waals surface area contributed by atoms with Crippen molar-refractivity contribution in [2.45, 2.75) is 0 Å². The molecule has 2 rings (SSSR count). The second-order valence-electron chi connectivity index (χ2n) is 10.5. The predicted molar refractivity (Wildman–Crippen MR) is 186 cm³/mol. The van der Waals surface area contributed by atoms with Crippen molar-refractivity contribution >= 4 is 29.7 Å². The number of hydrogen-bond donors (Lipinski definition) is 0. The molecule has 0 aliphatic heterocycles. The Morgan fingerprint density at radius 2 is 1.00 bits per heavy atom. The molecule has 0 spiro atoms. The second-order valence-corrected chi connectivity index (χ2v) is 10.5. The van der Waals surface area contributed by atoms with Gasteiger partial charge in [-0.05, 0) is 12.1 Å². The summed E-state index contributed by atoms with van der Waals surface area (Å²) in [5, 5.41) is 9.60. The first kappa shape index (κ1) is 40.5. The van der Waals surface area contributed by atoms with Gasteiger partial charge in [0.1, 0.15) is 32.5 Å². The first-order valence-corrected chi connectivity index (χ1v) is 15.6. The fraction of sp³-hybridized carbons (Fsp3) is 0.529. The molecular weight excluding hydrogens is 636 g/mol. The largest absolute Gasteiger partial charge is 0.489 e. The van der Waals surface area contributed by atoms with Gasteiger partial charge >= 0.3 is 0 Å². The van der Waals surface area contributed by atoms with Crippen LogP contribution in [-0.2, 0) is 23.7 Å². The summed E-state index contributed by atoms with van der Waals surface area (Å²) >= 11 is 0. The summed E-state index contributed by atoms with van der Waals surface area (Å²) in [6.45, 7) is 11.6. The molecule has 0 aliphatic carbocycles. The van der Waals surface area contributed by atoms with Crippen molar-refractivity contribution in [1.82, 2.24) is 9.80 Å². The molecule has 0 N–H and O–H groups in total. The summed E-state index contributed by atoms with van der Waals surface area (Å²) in [5.74, 6) is 1.78. The lowest BCUT2D eigenvalue weighted by molar-refractivity contribution is 0.00469. The normalized spacial score (nSPS) is 11.0. The quantitative estimate of drug-likeness (QED) is 0.0609. The highest BCUT2D eigenvalue weighted by Gasteiger charge is 2.14. The Hall–Kier alpha value is -4.64. The van der Waals surface area contributed by atoms with Gasteiger partial charge in [0.05, 0.1) is 89.0 Å². The van der Waals surface area contributed by atoms with Crippen molar-refractivity contribution < 1.29 is 42.6 Å². The summed E-state index contributed by atoms with van der Waals surface area (Å²) in [5.41, 5.74) is 1.67. The van der Waals surface area contributed by atoms with Crippen LogP contribution in [0.5, 0.6) is 23.0 Å². The number of ether oxygens (including phenoxy) is 9. The van der Waals surface area contributed by atoms with Crippen LogP contribution in [0.3, 0.4) is 0 Å². The van der Waals surface area contributed by atoms with E-state index >= 15 is 0 Å². The van der Waals surface area contributed by atoms with Gasteiger partial charge in [0.2, 0.25) is 5.69 Å². The third-order valence-electron chi connectivity index (χ3n) is 6.00. The van der Waals surface area contributed by atoms with E-state index in [0.29, 0.717) is 112 Å². The van der Waals surface area contributed by atoms with Crippen LogP contribution in [0.1, 0.15) is 5.56 Å². The zero-order valence-corrected chi connectivity index (χ0v) is 29.3.